The molecule has 8 heteroatoms. The van der Waals surface area contributed by atoms with Gasteiger partial charge in [-0.25, -0.2) is 13.5 Å². The Balaban J connectivity index is 1.74. The van der Waals surface area contributed by atoms with E-state index in [9.17, 15) is 18.0 Å². The molecule has 0 unspecified atom stereocenters. The first-order valence-electron chi connectivity index (χ1n) is 8.31. The Morgan fingerprint density at radius 2 is 1.74 bits per heavy atom. The van der Waals surface area contributed by atoms with E-state index in [4.69, 9.17) is 0 Å². The molecule has 0 spiro atoms. The minimum Gasteiger partial charge on any atom is -0.349 e. The number of fused-ring (bicyclic) bond motifs is 1. The lowest BCUT2D eigenvalue weighted by Gasteiger charge is -2.15. The number of amides is 1. The third-order valence-corrected chi connectivity index (χ3v) is 5.42. The molecule has 0 bridgehead atoms. The van der Waals surface area contributed by atoms with Gasteiger partial charge in [0.15, 0.2) is 9.84 Å². The molecule has 0 aliphatic carbocycles. The number of nitrogens with zero attached hydrogens (tertiary/aromatic N) is 1. The van der Waals surface area contributed by atoms with Crippen LogP contribution in [-0.4, -0.2) is 30.8 Å². The van der Waals surface area contributed by atoms with Gasteiger partial charge in [0.2, 0.25) is 5.91 Å². The van der Waals surface area contributed by atoms with E-state index in [1.807, 2.05) is 6.92 Å². The maximum absolute atomic E-state index is 12.4. The molecular weight excluding hydrogens is 366 g/mol. The number of H-pyrrole nitrogens is 1. The summed E-state index contributed by atoms with van der Waals surface area (Å²) >= 11 is 0. The zero-order valence-corrected chi connectivity index (χ0v) is 15.7. The van der Waals surface area contributed by atoms with E-state index < -0.39 is 9.84 Å². The predicted molar refractivity (Wildman–Crippen MR) is 102 cm³/mol. The molecule has 2 N–H and O–H groups in total. The van der Waals surface area contributed by atoms with Crippen LogP contribution in [0.2, 0.25) is 0 Å². The summed E-state index contributed by atoms with van der Waals surface area (Å²) in [5.74, 6) is -0.251. The third-order valence-electron chi connectivity index (χ3n) is 4.29. The summed E-state index contributed by atoms with van der Waals surface area (Å²) < 4.78 is 23.0. The topological polar surface area (TPSA) is 109 Å². The van der Waals surface area contributed by atoms with Gasteiger partial charge in [0.05, 0.1) is 28.4 Å². The third kappa shape index (κ3) is 4.22. The van der Waals surface area contributed by atoms with Crippen molar-refractivity contribution in [2.24, 2.45) is 0 Å². The van der Waals surface area contributed by atoms with Gasteiger partial charge in [-0.1, -0.05) is 30.3 Å². The Morgan fingerprint density at radius 3 is 2.37 bits per heavy atom. The molecule has 0 fully saturated rings. The summed E-state index contributed by atoms with van der Waals surface area (Å²) in [5.41, 5.74) is 0.978. The second kappa shape index (κ2) is 7.32. The van der Waals surface area contributed by atoms with Crippen LogP contribution in [0.15, 0.2) is 58.2 Å². The summed E-state index contributed by atoms with van der Waals surface area (Å²) in [4.78, 5) is 24.5. The van der Waals surface area contributed by atoms with Crippen LogP contribution in [0.5, 0.6) is 0 Å². The average Bonchev–Trinajstić information content (AvgIpc) is 2.63. The van der Waals surface area contributed by atoms with Crippen molar-refractivity contribution in [3.05, 3.63) is 70.1 Å². The summed E-state index contributed by atoms with van der Waals surface area (Å²) in [6, 6.07) is 13.1. The number of sulfone groups is 1. The van der Waals surface area contributed by atoms with Crippen molar-refractivity contribution in [2.75, 3.05) is 6.26 Å². The molecule has 0 aliphatic heterocycles. The average molecular weight is 385 g/mol. The van der Waals surface area contributed by atoms with E-state index in [0.29, 0.717) is 16.5 Å². The van der Waals surface area contributed by atoms with Gasteiger partial charge in [-0.05, 0) is 30.7 Å². The lowest BCUT2D eigenvalue weighted by Crippen LogP contribution is -2.29. The molecule has 3 rings (SSSR count). The maximum atomic E-state index is 12.4. The molecule has 1 atom stereocenters. The van der Waals surface area contributed by atoms with Crippen LogP contribution in [0.4, 0.5) is 0 Å². The zero-order chi connectivity index (χ0) is 19.6. The van der Waals surface area contributed by atoms with Crippen LogP contribution >= 0.6 is 0 Å². The Kier molecular flexibility index (Phi) is 5.09. The molecule has 1 aromatic heterocycles. The van der Waals surface area contributed by atoms with Gasteiger partial charge in [-0.15, -0.1) is 0 Å². The summed E-state index contributed by atoms with van der Waals surface area (Å²) in [6.07, 6.45) is 1.16. The van der Waals surface area contributed by atoms with Crippen LogP contribution in [0.3, 0.4) is 0 Å². The molecule has 3 aromatic rings. The summed E-state index contributed by atoms with van der Waals surface area (Å²) in [5, 5.41) is 10.4. The molecule has 1 amide bonds. The molecule has 0 saturated heterocycles. The van der Waals surface area contributed by atoms with Gasteiger partial charge in [0.1, 0.15) is 0 Å². The van der Waals surface area contributed by atoms with E-state index in [0.717, 1.165) is 11.8 Å². The molecule has 0 radical (unpaired) electrons. The van der Waals surface area contributed by atoms with E-state index >= 15 is 0 Å². The van der Waals surface area contributed by atoms with Crippen molar-refractivity contribution in [3.63, 3.8) is 0 Å². The van der Waals surface area contributed by atoms with Gasteiger partial charge >= 0.3 is 0 Å². The SMILES string of the molecule is C[C@@H](NC(=O)Cc1n[nH]c(=O)c2ccccc12)c1ccc(S(C)(=O)=O)cc1. The zero-order valence-electron chi connectivity index (χ0n) is 14.9. The quantitative estimate of drug-likeness (QED) is 0.695. The number of aromatic nitrogens is 2. The molecule has 1 heterocycles. The lowest BCUT2D eigenvalue weighted by molar-refractivity contribution is -0.121. The van der Waals surface area contributed by atoms with Crippen molar-refractivity contribution in [1.29, 1.82) is 0 Å². The number of carbonyl (C=O) groups excluding carboxylic acids is 1. The van der Waals surface area contributed by atoms with Crippen LogP contribution in [0.1, 0.15) is 24.2 Å². The van der Waals surface area contributed by atoms with Crippen LogP contribution in [-0.2, 0) is 21.1 Å². The highest BCUT2D eigenvalue weighted by atomic mass is 32.2. The maximum Gasteiger partial charge on any atom is 0.272 e. The fraction of sp³-hybridized carbons (Fsp3) is 0.211. The highest BCUT2D eigenvalue weighted by Gasteiger charge is 2.14. The van der Waals surface area contributed by atoms with Crippen molar-refractivity contribution < 1.29 is 13.2 Å². The molecule has 2 aromatic carbocycles. The van der Waals surface area contributed by atoms with Crippen molar-refractivity contribution in [1.82, 2.24) is 15.5 Å². The molecule has 7 nitrogen and oxygen atoms in total. The standard InChI is InChI=1S/C19H19N3O4S/c1-12(13-7-9-14(10-8-13)27(2,25)26)20-18(23)11-17-15-5-3-4-6-16(15)19(24)22-21-17/h3-10,12H,11H2,1-2H3,(H,20,23)(H,22,24)/t12-/m1/s1. The lowest BCUT2D eigenvalue weighted by atomic mass is 10.1. The van der Waals surface area contributed by atoms with Crippen molar-refractivity contribution >= 4 is 26.5 Å². The van der Waals surface area contributed by atoms with Crippen LogP contribution in [0, 0.1) is 0 Å². The summed E-state index contributed by atoms with van der Waals surface area (Å²) in [6.45, 7) is 1.81. The van der Waals surface area contributed by atoms with Gasteiger partial charge in [-0.2, -0.15) is 5.10 Å². The second-order valence-corrected chi connectivity index (χ2v) is 8.37. The monoisotopic (exact) mass is 385 g/mol. The van der Waals surface area contributed by atoms with Gasteiger partial charge in [-0.3, -0.25) is 9.59 Å². The predicted octanol–water partition coefficient (Wildman–Crippen LogP) is 1.75. The minimum atomic E-state index is -3.26. The smallest absolute Gasteiger partial charge is 0.272 e. The molecule has 27 heavy (non-hydrogen) atoms. The Bertz CT molecular complexity index is 1150. The number of benzene rings is 2. The van der Waals surface area contributed by atoms with Crippen LogP contribution in [0.25, 0.3) is 10.8 Å². The number of rotatable bonds is 5. The highest BCUT2D eigenvalue weighted by Crippen LogP contribution is 2.17. The van der Waals surface area contributed by atoms with Gasteiger partial charge in [0.25, 0.3) is 5.56 Å². The first-order chi connectivity index (χ1) is 12.8. The largest absolute Gasteiger partial charge is 0.349 e. The number of hydrogen-bond acceptors (Lipinski definition) is 5. The number of hydrogen-bond donors (Lipinski definition) is 2. The Hall–Kier alpha value is -3.00. The Morgan fingerprint density at radius 1 is 1.11 bits per heavy atom. The fourth-order valence-corrected chi connectivity index (χ4v) is 3.47. The molecule has 0 saturated carbocycles. The van der Waals surface area contributed by atoms with E-state index in [-0.39, 0.29) is 28.8 Å². The van der Waals surface area contributed by atoms with Gasteiger partial charge < -0.3 is 5.32 Å². The van der Waals surface area contributed by atoms with Crippen LogP contribution < -0.4 is 10.9 Å². The number of nitrogens with one attached hydrogen (secondary N) is 2. The normalized spacial score (nSPS) is 12.7. The highest BCUT2D eigenvalue weighted by molar-refractivity contribution is 7.90. The van der Waals surface area contributed by atoms with Gasteiger partial charge in [0, 0.05) is 11.6 Å². The molecule has 0 aliphatic rings. The first-order valence-corrected chi connectivity index (χ1v) is 10.2. The van der Waals surface area contributed by atoms with Crippen molar-refractivity contribution in [2.45, 2.75) is 24.3 Å². The Labute approximate surface area is 156 Å². The van der Waals surface area contributed by atoms with E-state index in [1.54, 1.807) is 36.4 Å². The summed E-state index contributed by atoms with van der Waals surface area (Å²) in [7, 11) is -3.26. The fourth-order valence-electron chi connectivity index (χ4n) is 2.84. The molecule has 140 valence electrons. The van der Waals surface area contributed by atoms with Crippen molar-refractivity contribution in [3.8, 4) is 0 Å². The second-order valence-electron chi connectivity index (χ2n) is 6.35. The number of aromatic amines is 1. The van der Waals surface area contributed by atoms with E-state index in [2.05, 4.69) is 15.5 Å². The van der Waals surface area contributed by atoms with E-state index in [1.165, 1.54) is 12.1 Å². The number of carbonyl (C=O) groups is 1. The minimum absolute atomic E-state index is 0.0169. The first kappa shape index (κ1) is 18.8. The molecular formula is C19H19N3O4S.